The highest BCUT2D eigenvalue weighted by Crippen LogP contribution is 2.36. The molecule has 0 unspecified atom stereocenters. The fourth-order valence-corrected chi connectivity index (χ4v) is 2.69. The fraction of sp³-hybridized carbons (Fsp3) is 0.176. The molecule has 0 spiro atoms. The Balaban J connectivity index is 2.03. The minimum atomic E-state index is -0.416. The van der Waals surface area contributed by atoms with Crippen LogP contribution in [0.25, 0.3) is 0 Å². The second kappa shape index (κ2) is 6.57. The van der Waals surface area contributed by atoms with Gasteiger partial charge in [0.2, 0.25) is 6.79 Å². The van der Waals surface area contributed by atoms with E-state index in [0.29, 0.717) is 28.2 Å². The molecule has 0 saturated heterocycles. The molecule has 2 aromatic carbocycles. The number of carbonyl (C=O) groups excluding carboxylic acids is 2. The second-order valence-electron chi connectivity index (χ2n) is 4.95. The Labute approximate surface area is 146 Å². The van der Waals surface area contributed by atoms with E-state index in [1.165, 1.54) is 7.11 Å². The molecule has 0 saturated carbocycles. The summed E-state index contributed by atoms with van der Waals surface area (Å²) in [5, 5.41) is 0. The molecule has 0 amide bonds. The Hall–Kier alpha value is -2.09. The Kier molecular flexibility index (Phi) is 4.51. The fourth-order valence-electron chi connectivity index (χ4n) is 2.33. The molecule has 1 aliphatic heterocycles. The minimum Gasteiger partial charge on any atom is -0.469 e. The van der Waals surface area contributed by atoms with Crippen molar-refractivity contribution < 1.29 is 23.8 Å². The maximum absolute atomic E-state index is 12.8. The molecule has 118 valence electrons. The van der Waals surface area contributed by atoms with Crippen LogP contribution in [0.5, 0.6) is 11.5 Å². The van der Waals surface area contributed by atoms with Crippen LogP contribution in [0.3, 0.4) is 0 Å². The number of esters is 1. The molecule has 23 heavy (non-hydrogen) atoms. The van der Waals surface area contributed by atoms with Gasteiger partial charge < -0.3 is 14.2 Å². The third kappa shape index (κ3) is 3.31. The van der Waals surface area contributed by atoms with Crippen molar-refractivity contribution in [2.45, 2.75) is 6.42 Å². The molecule has 0 radical (unpaired) electrons. The highest BCUT2D eigenvalue weighted by Gasteiger charge is 2.23. The van der Waals surface area contributed by atoms with Gasteiger partial charge in [-0.3, -0.25) is 9.59 Å². The van der Waals surface area contributed by atoms with E-state index in [9.17, 15) is 9.59 Å². The van der Waals surface area contributed by atoms with Crippen LogP contribution in [-0.4, -0.2) is 25.7 Å². The second-order valence-corrected chi connectivity index (χ2v) is 6.20. The molecule has 1 heterocycles. The SMILES string of the molecule is COC(=O)Cc1cc2c(cc1C(=O)c1ccc(I)cc1)OCO2. The Bertz CT molecular complexity index is 767. The summed E-state index contributed by atoms with van der Waals surface area (Å²) in [4.78, 5) is 24.4. The Morgan fingerprint density at radius 3 is 2.43 bits per heavy atom. The average molecular weight is 424 g/mol. The molecule has 0 aromatic heterocycles. The van der Waals surface area contributed by atoms with Crippen molar-refractivity contribution >= 4 is 34.3 Å². The summed E-state index contributed by atoms with van der Waals surface area (Å²) in [5.74, 6) is 0.453. The van der Waals surface area contributed by atoms with Gasteiger partial charge in [0.1, 0.15) is 0 Å². The third-order valence-electron chi connectivity index (χ3n) is 3.51. The largest absolute Gasteiger partial charge is 0.469 e. The van der Waals surface area contributed by atoms with Crippen molar-refractivity contribution in [2.75, 3.05) is 13.9 Å². The number of carbonyl (C=O) groups is 2. The lowest BCUT2D eigenvalue weighted by Crippen LogP contribution is -2.11. The summed E-state index contributed by atoms with van der Waals surface area (Å²) >= 11 is 2.18. The molecular formula is C17H13IO5. The molecule has 0 N–H and O–H groups in total. The zero-order valence-corrected chi connectivity index (χ0v) is 14.5. The van der Waals surface area contributed by atoms with E-state index in [1.807, 2.05) is 12.1 Å². The first-order valence-electron chi connectivity index (χ1n) is 6.88. The minimum absolute atomic E-state index is 0.00141. The Morgan fingerprint density at radius 2 is 1.78 bits per heavy atom. The third-order valence-corrected chi connectivity index (χ3v) is 4.23. The highest BCUT2D eigenvalue weighted by molar-refractivity contribution is 14.1. The molecule has 3 rings (SSSR count). The van der Waals surface area contributed by atoms with Crippen LogP contribution < -0.4 is 9.47 Å². The number of ether oxygens (including phenoxy) is 3. The number of ketones is 1. The molecule has 2 aromatic rings. The molecule has 0 atom stereocenters. The van der Waals surface area contributed by atoms with E-state index in [1.54, 1.807) is 24.3 Å². The predicted octanol–water partition coefficient (Wildman–Crippen LogP) is 2.97. The van der Waals surface area contributed by atoms with Crippen LogP contribution >= 0.6 is 22.6 Å². The summed E-state index contributed by atoms with van der Waals surface area (Å²) in [6.07, 6.45) is -0.00141. The summed E-state index contributed by atoms with van der Waals surface area (Å²) in [7, 11) is 1.32. The van der Waals surface area contributed by atoms with Gasteiger partial charge in [-0.25, -0.2) is 0 Å². The summed E-state index contributed by atoms with van der Waals surface area (Å²) < 4.78 is 16.4. The van der Waals surface area contributed by atoms with Gasteiger partial charge in [-0.05, 0) is 64.6 Å². The maximum Gasteiger partial charge on any atom is 0.310 e. The monoisotopic (exact) mass is 424 g/mol. The van der Waals surface area contributed by atoms with Gasteiger partial charge in [0.05, 0.1) is 13.5 Å². The lowest BCUT2D eigenvalue weighted by molar-refractivity contribution is -0.139. The van der Waals surface area contributed by atoms with Crippen LogP contribution in [-0.2, 0) is 16.0 Å². The summed E-state index contributed by atoms with van der Waals surface area (Å²) in [6.45, 7) is 0.105. The molecular weight excluding hydrogens is 411 g/mol. The van der Waals surface area contributed by atoms with E-state index in [0.717, 1.165) is 3.57 Å². The quantitative estimate of drug-likeness (QED) is 0.429. The molecule has 5 nitrogen and oxygen atoms in total. The van der Waals surface area contributed by atoms with Crippen molar-refractivity contribution in [1.29, 1.82) is 0 Å². The number of benzene rings is 2. The molecule has 1 aliphatic rings. The van der Waals surface area contributed by atoms with Gasteiger partial charge in [-0.1, -0.05) is 0 Å². The summed E-state index contributed by atoms with van der Waals surface area (Å²) in [6, 6.07) is 10.5. The van der Waals surface area contributed by atoms with Crippen LogP contribution in [0.4, 0.5) is 0 Å². The van der Waals surface area contributed by atoms with Crippen LogP contribution in [0, 0.1) is 3.57 Å². The van der Waals surface area contributed by atoms with Crippen LogP contribution in [0.2, 0.25) is 0 Å². The first kappa shape index (κ1) is 15.8. The van der Waals surface area contributed by atoms with Gasteiger partial charge in [0.25, 0.3) is 0 Å². The van der Waals surface area contributed by atoms with E-state index >= 15 is 0 Å². The molecule has 0 bridgehead atoms. The lowest BCUT2D eigenvalue weighted by Gasteiger charge is -2.10. The highest BCUT2D eigenvalue weighted by atomic mass is 127. The lowest BCUT2D eigenvalue weighted by atomic mass is 9.96. The van der Waals surface area contributed by atoms with Gasteiger partial charge in [0.15, 0.2) is 17.3 Å². The zero-order chi connectivity index (χ0) is 16.4. The van der Waals surface area contributed by atoms with Crippen LogP contribution in [0.15, 0.2) is 36.4 Å². The number of halogens is 1. The number of methoxy groups -OCH3 is 1. The normalized spacial score (nSPS) is 12.1. The maximum atomic E-state index is 12.8. The molecule has 0 aliphatic carbocycles. The first-order valence-corrected chi connectivity index (χ1v) is 7.96. The van der Waals surface area contributed by atoms with E-state index < -0.39 is 5.97 Å². The van der Waals surface area contributed by atoms with Crippen molar-refractivity contribution in [3.8, 4) is 11.5 Å². The summed E-state index contributed by atoms with van der Waals surface area (Å²) in [5.41, 5.74) is 1.53. The topological polar surface area (TPSA) is 61.8 Å². The predicted molar refractivity (Wildman–Crippen MR) is 90.9 cm³/mol. The number of fused-ring (bicyclic) bond motifs is 1. The number of hydrogen-bond donors (Lipinski definition) is 0. The van der Waals surface area contributed by atoms with Crippen molar-refractivity contribution in [3.05, 3.63) is 56.7 Å². The number of rotatable bonds is 4. The van der Waals surface area contributed by atoms with E-state index in [4.69, 9.17) is 14.2 Å². The van der Waals surface area contributed by atoms with Crippen molar-refractivity contribution in [2.24, 2.45) is 0 Å². The first-order chi connectivity index (χ1) is 11.1. The van der Waals surface area contributed by atoms with Gasteiger partial charge in [0, 0.05) is 14.7 Å². The Morgan fingerprint density at radius 1 is 1.13 bits per heavy atom. The van der Waals surface area contributed by atoms with E-state index in [-0.39, 0.29) is 19.0 Å². The van der Waals surface area contributed by atoms with Gasteiger partial charge >= 0.3 is 5.97 Å². The zero-order valence-electron chi connectivity index (χ0n) is 12.3. The average Bonchev–Trinajstić information content (AvgIpc) is 3.01. The van der Waals surface area contributed by atoms with E-state index in [2.05, 4.69) is 22.6 Å². The number of hydrogen-bond acceptors (Lipinski definition) is 5. The van der Waals surface area contributed by atoms with Gasteiger partial charge in [-0.15, -0.1) is 0 Å². The molecule has 6 heteroatoms. The van der Waals surface area contributed by atoms with Gasteiger partial charge in [-0.2, -0.15) is 0 Å². The van der Waals surface area contributed by atoms with Crippen molar-refractivity contribution in [1.82, 2.24) is 0 Å². The van der Waals surface area contributed by atoms with Crippen molar-refractivity contribution in [3.63, 3.8) is 0 Å². The standard InChI is InChI=1S/C17H13IO5/c1-21-16(19)7-11-6-14-15(23-9-22-14)8-13(11)17(20)10-2-4-12(18)5-3-10/h2-6,8H,7,9H2,1H3. The smallest absolute Gasteiger partial charge is 0.310 e. The van der Waals surface area contributed by atoms with Crippen LogP contribution in [0.1, 0.15) is 21.5 Å². The molecule has 0 fully saturated rings.